The quantitative estimate of drug-likeness (QED) is 0.147. The van der Waals surface area contributed by atoms with E-state index in [1.54, 1.807) is 9.80 Å². The lowest BCUT2D eigenvalue weighted by atomic mass is 10.0. The molecule has 2 saturated heterocycles. The Morgan fingerprint density at radius 3 is 1.96 bits per heavy atom. The van der Waals surface area contributed by atoms with Crippen LogP contribution in [0.25, 0.3) is 22.2 Å². The third-order valence-electron chi connectivity index (χ3n) is 9.98. The van der Waals surface area contributed by atoms with Gasteiger partial charge in [0.15, 0.2) is 0 Å². The van der Waals surface area contributed by atoms with Crippen molar-refractivity contribution in [3.8, 4) is 11.1 Å². The summed E-state index contributed by atoms with van der Waals surface area (Å²) in [6.07, 6.45) is 3.20. The Morgan fingerprint density at radius 1 is 0.811 bits per heavy atom. The molecular weight excluding hydrogens is 701 g/mol. The van der Waals surface area contributed by atoms with Gasteiger partial charge < -0.3 is 39.9 Å². The monoisotopic (exact) mass is 746 g/mol. The second-order valence-corrected chi connectivity index (χ2v) is 15.1. The van der Waals surface area contributed by atoms with Crippen molar-refractivity contribution in [3.63, 3.8) is 0 Å². The molecule has 0 radical (unpaired) electrons. The zero-order valence-corrected chi connectivity index (χ0v) is 31.5. The standard InChI is InChI=1S/C37H46N8O7S/c1-19(2)29(42-36(49)51-5)34(47)44-13-7-9-26(44)32-38-17-25(41-32)31(46)28-16-22(18-53-28)21-11-12-23-24(15-21)40-33(39-23)27-10-8-14-45(27)35(48)30(20(3)4)43-37(50)52-6/h11-12,15-20,26-27,29-30H,7-10,13-14H2,1-6H3,(H,38,41)(H,39,40)(H,42,49)(H,43,50). The van der Waals surface area contributed by atoms with Gasteiger partial charge >= 0.3 is 12.2 Å². The van der Waals surface area contributed by atoms with Crippen LogP contribution >= 0.6 is 11.3 Å². The van der Waals surface area contributed by atoms with Gasteiger partial charge in [-0.05, 0) is 72.2 Å². The molecule has 53 heavy (non-hydrogen) atoms. The minimum absolute atomic E-state index is 0.132. The van der Waals surface area contributed by atoms with Crippen molar-refractivity contribution in [2.45, 2.75) is 77.5 Å². The summed E-state index contributed by atoms with van der Waals surface area (Å²) in [6.45, 7) is 8.56. The molecular formula is C37H46N8O7S. The minimum Gasteiger partial charge on any atom is -0.453 e. The number of thiophene rings is 1. The summed E-state index contributed by atoms with van der Waals surface area (Å²) in [5.74, 6) is 0.322. The van der Waals surface area contributed by atoms with Gasteiger partial charge in [0.25, 0.3) is 0 Å². The van der Waals surface area contributed by atoms with E-state index in [1.165, 1.54) is 31.8 Å². The van der Waals surface area contributed by atoms with Crippen molar-refractivity contribution in [2.75, 3.05) is 27.3 Å². The fraction of sp³-hybridized carbons (Fsp3) is 0.486. The number of imidazole rings is 2. The number of ketones is 1. The summed E-state index contributed by atoms with van der Waals surface area (Å²) in [5.41, 5.74) is 3.65. The molecule has 6 rings (SSSR count). The van der Waals surface area contributed by atoms with Crippen LogP contribution in [0.5, 0.6) is 0 Å². The first-order valence-electron chi connectivity index (χ1n) is 17.9. The number of hydrogen-bond acceptors (Lipinski definition) is 10. The first kappa shape index (κ1) is 37.5. The van der Waals surface area contributed by atoms with Crippen LogP contribution in [0.4, 0.5) is 9.59 Å². The fourth-order valence-corrected chi connectivity index (χ4v) is 7.98. The third-order valence-corrected chi connectivity index (χ3v) is 10.9. The van der Waals surface area contributed by atoms with Gasteiger partial charge in [0.05, 0.1) is 48.4 Å². The number of benzene rings is 1. The number of rotatable bonds is 11. The summed E-state index contributed by atoms with van der Waals surface area (Å²) < 4.78 is 9.47. The molecule has 282 valence electrons. The van der Waals surface area contributed by atoms with Crippen LogP contribution in [0.2, 0.25) is 0 Å². The normalized spacial score (nSPS) is 18.4. The maximum atomic E-state index is 13.6. The van der Waals surface area contributed by atoms with Gasteiger partial charge in [0.2, 0.25) is 17.6 Å². The fourth-order valence-electron chi connectivity index (χ4n) is 7.11. The number of alkyl carbamates (subject to hydrolysis) is 2. The van der Waals surface area contributed by atoms with Crippen molar-refractivity contribution in [1.82, 2.24) is 40.4 Å². The Labute approximate surface area is 311 Å². The molecule has 0 bridgehead atoms. The number of methoxy groups -OCH3 is 2. The number of carbonyl (C=O) groups excluding carboxylic acids is 5. The van der Waals surface area contributed by atoms with Crippen molar-refractivity contribution >= 4 is 52.2 Å². The Hall–Kier alpha value is -5.25. The maximum Gasteiger partial charge on any atom is 0.407 e. The number of nitrogens with zero attached hydrogens (tertiary/aromatic N) is 4. The first-order valence-corrected chi connectivity index (χ1v) is 18.8. The lowest BCUT2D eigenvalue weighted by Gasteiger charge is -2.29. The van der Waals surface area contributed by atoms with Gasteiger partial charge in [-0.3, -0.25) is 14.4 Å². The highest BCUT2D eigenvalue weighted by Gasteiger charge is 2.39. The van der Waals surface area contributed by atoms with Gasteiger partial charge in [-0.15, -0.1) is 11.3 Å². The number of fused-ring (bicyclic) bond motifs is 1. The Morgan fingerprint density at radius 2 is 1.40 bits per heavy atom. The molecule has 2 aliphatic rings. The average Bonchev–Trinajstić information content (AvgIpc) is 3.99. The van der Waals surface area contributed by atoms with E-state index < -0.39 is 24.3 Å². The van der Waals surface area contributed by atoms with Gasteiger partial charge in [-0.2, -0.15) is 0 Å². The predicted molar refractivity (Wildman–Crippen MR) is 197 cm³/mol. The van der Waals surface area contributed by atoms with Gasteiger partial charge in [0.1, 0.15) is 29.4 Å². The molecule has 15 nitrogen and oxygen atoms in total. The number of carbonyl (C=O) groups is 5. The van der Waals surface area contributed by atoms with E-state index in [0.29, 0.717) is 41.7 Å². The smallest absolute Gasteiger partial charge is 0.407 e. The number of likely N-dealkylation sites (tertiary alicyclic amines) is 2. The van der Waals surface area contributed by atoms with Crippen molar-refractivity contribution in [3.05, 3.63) is 58.1 Å². The minimum atomic E-state index is -0.753. The number of H-pyrrole nitrogens is 2. The summed E-state index contributed by atoms with van der Waals surface area (Å²) in [6, 6.07) is 5.62. The van der Waals surface area contributed by atoms with E-state index in [-0.39, 0.29) is 41.5 Å². The van der Waals surface area contributed by atoms with Gasteiger partial charge in [0, 0.05) is 13.1 Å². The zero-order valence-electron chi connectivity index (χ0n) is 30.7. The molecule has 0 spiro atoms. The average molecular weight is 747 g/mol. The lowest BCUT2D eigenvalue weighted by Crippen LogP contribution is -2.51. The summed E-state index contributed by atoms with van der Waals surface area (Å²) in [7, 11) is 2.53. The van der Waals surface area contributed by atoms with Crippen LogP contribution in [0, 0.1) is 11.8 Å². The van der Waals surface area contributed by atoms with Crippen LogP contribution in [-0.4, -0.2) is 98.9 Å². The van der Waals surface area contributed by atoms with E-state index in [2.05, 4.69) is 25.6 Å². The van der Waals surface area contributed by atoms with Crippen molar-refractivity contribution in [2.24, 2.45) is 11.8 Å². The first-order chi connectivity index (χ1) is 25.4. The van der Waals surface area contributed by atoms with E-state index >= 15 is 0 Å². The zero-order chi connectivity index (χ0) is 38.0. The second kappa shape index (κ2) is 15.8. The Balaban J connectivity index is 1.16. The molecule has 0 aliphatic carbocycles. The molecule has 4 amide bonds. The molecule has 5 heterocycles. The largest absolute Gasteiger partial charge is 0.453 e. The molecule has 4 atom stereocenters. The molecule has 4 unspecified atom stereocenters. The molecule has 2 aliphatic heterocycles. The topological polar surface area (TPSA) is 192 Å². The highest BCUT2D eigenvalue weighted by Crippen LogP contribution is 2.35. The number of aromatic amines is 2. The highest BCUT2D eigenvalue weighted by atomic mass is 32.1. The number of amides is 4. The van der Waals surface area contributed by atoms with E-state index in [9.17, 15) is 24.0 Å². The summed E-state index contributed by atoms with van der Waals surface area (Å²) >= 11 is 1.33. The van der Waals surface area contributed by atoms with Crippen LogP contribution in [-0.2, 0) is 19.1 Å². The molecule has 1 aromatic carbocycles. The van der Waals surface area contributed by atoms with Crippen LogP contribution in [0.3, 0.4) is 0 Å². The van der Waals surface area contributed by atoms with E-state index in [4.69, 9.17) is 14.5 Å². The van der Waals surface area contributed by atoms with Gasteiger partial charge in [-0.25, -0.2) is 19.6 Å². The van der Waals surface area contributed by atoms with Crippen molar-refractivity contribution < 1.29 is 33.4 Å². The number of ether oxygens (including phenoxy) is 2. The number of nitrogens with one attached hydrogen (secondary N) is 4. The maximum absolute atomic E-state index is 13.6. The van der Waals surface area contributed by atoms with Crippen molar-refractivity contribution in [1.29, 1.82) is 0 Å². The van der Waals surface area contributed by atoms with E-state index in [1.807, 2.05) is 57.3 Å². The molecule has 0 saturated carbocycles. The second-order valence-electron chi connectivity index (χ2n) is 14.2. The predicted octanol–water partition coefficient (Wildman–Crippen LogP) is 5.33. The lowest BCUT2D eigenvalue weighted by molar-refractivity contribution is -0.136. The van der Waals surface area contributed by atoms with E-state index in [0.717, 1.165) is 41.4 Å². The molecule has 16 heteroatoms. The number of aromatic nitrogens is 4. The Bertz CT molecular complexity index is 2000. The summed E-state index contributed by atoms with van der Waals surface area (Å²) in [4.78, 5) is 84.5. The summed E-state index contributed by atoms with van der Waals surface area (Å²) in [5, 5.41) is 7.26. The van der Waals surface area contributed by atoms with Crippen LogP contribution < -0.4 is 10.6 Å². The third kappa shape index (κ3) is 7.77. The molecule has 2 fully saturated rings. The highest BCUT2D eigenvalue weighted by molar-refractivity contribution is 7.12. The number of hydrogen-bond donors (Lipinski definition) is 4. The van der Waals surface area contributed by atoms with Crippen LogP contribution in [0.15, 0.2) is 35.8 Å². The van der Waals surface area contributed by atoms with Gasteiger partial charge in [-0.1, -0.05) is 33.8 Å². The molecule has 4 aromatic rings. The SMILES string of the molecule is COC(=O)NC(C(=O)N1CCCC1c1ncc(C(=O)c2cc(-c3ccc4nc(C5CCCN5C(=O)C(NC(=O)OC)C(C)C)[nH]c4c3)cs2)[nH]1)C(C)C. The Kier molecular flexibility index (Phi) is 11.2. The van der Waals surface area contributed by atoms with Crippen LogP contribution in [0.1, 0.15) is 92.5 Å². The molecule has 4 N–H and O–H groups in total. The molecule has 3 aromatic heterocycles.